The summed E-state index contributed by atoms with van der Waals surface area (Å²) in [6.45, 7) is 0.393. The first kappa shape index (κ1) is 12.5. The van der Waals surface area contributed by atoms with E-state index in [1.165, 1.54) is 24.3 Å². The lowest BCUT2D eigenvalue weighted by atomic mass is 10.1. The van der Waals surface area contributed by atoms with Crippen LogP contribution in [0.5, 0.6) is 0 Å². The fraction of sp³-hybridized carbons (Fsp3) is 0.154. The van der Waals surface area contributed by atoms with Crippen molar-refractivity contribution in [1.29, 1.82) is 0 Å². The Morgan fingerprint density at radius 2 is 2.20 bits per heavy atom. The molecule has 1 aromatic carbocycles. The van der Waals surface area contributed by atoms with Crippen LogP contribution in [0, 0.1) is 5.82 Å². The van der Waals surface area contributed by atoms with Crippen LogP contribution in [0.15, 0.2) is 33.6 Å². The summed E-state index contributed by atoms with van der Waals surface area (Å²) in [6, 6.07) is 5.39. The van der Waals surface area contributed by atoms with Crippen LogP contribution in [0.3, 0.4) is 0 Å². The summed E-state index contributed by atoms with van der Waals surface area (Å²) in [6.07, 6.45) is 0.471. The summed E-state index contributed by atoms with van der Waals surface area (Å²) in [7, 11) is 0. The number of aromatic nitrogens is 3. The Balaban J connectivity index is 2.22. The van der Waals surface area contributed by atoms with Crippen molar-refractivity contribution in [2.75, 3.05) is 6.54 Å². The Labute approximate surface area is 112 Å². The Kier molecular flexibility index (Phi) is 3.03. The van der Waals surface area contributed by atoms with E-state index in [1.807, 2.05) is 0 Å². The van der Waals surface area contributed by atoms with Gasteiger partial charge in [-0.3, -0.25) is 4.79 Å². The van der Waals surface area contributed by atoms with Gasteiger partial charge in [-0.1, -0.05) is 5.16 Å². The Morgan fingerprint density at radius 3 is 3.00 bits per heavy atom. The lowest BCUT2D eigenvalue weighted by Gasteiger charge is -2.02. The van der Waals surface area contributed by atoms with Crippen LogP contribution >= 0.6 is 0 Å². The Bertz CT molecular complexity index is 825. The highest BCUT2D eigenvalue weighted by molar-refractivity contribution is 5.91. The molecular weight excluding hydrogens is 263 g/mol. The van der Waals surface area contributed by atoms with E-state index in [-0.39, 0.29) is 11.4 Å². The molecule has 0 atom stereocenters. The summed E-state index contributed by atoms with van der Waals surface area (Å²) in [5, 5.41) is 4.28. The second-order valence-corrected chi connectivity index (χ2v) is 4.29. The van der Waals surface area contributed by atoms with Crippen LogP contribution in [0.25, 0.3) is 22.4 Å². The number of hydrogen-bond donors (Lipinski definition) is 2. The highest BCUT2D eigenvalue weighted by Crippen LogP contribution is 2.25. The van der Waals surface area contributed by atoms with Gasteiger partial charge in [-0.25, -0.2) is 4.39 Å². The number of fused-ring (bicyclic) bond motifs is 1. The van der Waals surface area contributed by atoms with E-state index in [0.29, 0.717) is 35.3 Å². The molecule has 3 N–H and O–H groups in total. The minimum Gasteiger partial charge on any atom is -0.334 e. The number of nitrogens with one attached hydrogen (secondary N) is 1. The zero-order valence-corrected chi connectivity index (χ0v) is 10.4. The number of halogens is 1. The molecule has 0 radical (unpaired) electrons. The van der Waals surface area contributed by atoms with Gasteiger partial charge in [-0.05, 0) is 24.7 Å². The molecule has 0 bridgehead atoms. The van der Waals surface area contributed by atoms with Crippen molar-refractivity contribution in [2.24, 2.45) is 5.73 Å². The number of H-pyrrole nitrogens is 1. The summed E-state index contributed by atoms with van der Waals surface area (Å²) in [4.78, 5) is 18.4. The molecule has 20 heavy (non-hydrogen) atoms. The molecule has 7 heteroatoms. The summed E-state index contributed by atoms with van der Waals surface area (Å²) < 4.78 is 18.5. The molecule has 6 nitrogen and oxygen atoms in total. The molecule has 3 rings (SSSR count). The summed E-state index contributed by atoms with van der Waals surface area (Å²) in [5.41, 5.74) is 6.00. The molecule has 0 spiro atoms. The maximum atomic E-state index is 13.4. The lowest BCUT2D eigenvalue weighted by Crippen LogP contribution is -2.05. The van der Waals surface area contributed by atoms with Crippen LogP contribution in [-0.4, -0.2) is 21.7 Å². The maximum Gasteiger partial charge on any atom is 0.258 e. The third-order valence-electron chi connectivity index (χ3n) is 2.87. The van der Waals surface area contributed by atoms with E-state index >= 15 is 0 Å². The second kappa shape index (κ2) is 4.86. The number of benzene rings is 1. The molecule has 0 aliphatic carbocycles. The largest absolute Gasteiger partial charge is 0.334 e. The zero-order chi connectivity index (χ0) is 14.1. The molecule has 0 amide bonds. The van der Waals surface area contributed by atoms with Gasteiger partial charge in [0, 0.05) is 23.4 Å². The van der Waals surface area contributed by atoms with Gasteiger partial charge in [-0.15, -0.1) is 0 Å². The molecule has 0 saturated carbocycles. The highest BCUT2D eigenvalue weighted by atomic mass is 19.1. The highest BCUT2D eigenvalue weighted by Gasteiger charge is 2.13. The van der Waals surface area contributed by atoms with E-state index < -0.39 is 5.82 Å². The Morgan fingerprint density at radius 1 is 1.35 bits per heavy atom. The lowest BCUT2D eigenvalue weighted by molar-refractivity contribution is 0.423. The quantitative estimate of drug-likeness (QED) is 0.748. The van der Waals surface area contributed by atoms with Crippen molar-refractivity contribution in [3.8, 4) is 11.5 Å². The third kappa shape index (κ3) is 2.19. The predicted molar refractivity (Wildman–Crippen MR) is 70.6 cm³/mol. The number of hydrogen-bond acceptors (Lipinski definition) is 5. The van der Waals surface area contributed by atoms with E-state index in [2.05, 4.69) is 15.1 Å². The van der Waals surface area contributed by atoms with Gasteiger partial charge >= 0.3 is 0 Å². The minimum absolute atomic E-state index is 0.176. The monoisotopic (exact) mass is 274 g/mol. The van der Waals surface area contributed by atoms with Crippen molar-refractivity contribution in [1.82, 2.24) is 15.1 Å². The van der Waals surface area contributed by atoms with Crippen LogP contribution in [0.4, 0.5) is 4.39 Å². The first-order chi connectivity index (χ1) is 9.67. The second-order valence-electron chi connectivity index (χ2n) is 4.29. The van der Waals surface area contributed by atoms with Crippen molar-refractivity contribution in [2.45, 2.75) is 6.42 Å². The van der Waals surface area contributed by atoms with Crippen molar-refractivity contribution in [3.05, 3.63) is 46.3 Å². The number of pyridine rings is 1. The van der Waals surface area contributed by atoms with Crippen molar-refractivity contribution >= 4 is 10.9 Å². The maximum absolute atomic E-state index is 13.4. The smallest absolute Gasteiger partial charge is 0.258 e. The first-order valence-corrected chi connectivity index (χ1v) is 6.03. The SMILES string of the molecule is NCCc1noc(-c2cc(=O)[nH]c3ccc(F)cc23)n1. The van der Waals surface area contributed by atoms with E-state index in [4.69, 9.17) is 10.3 Å². The third-order valence-corrected chi connectivity index (χ3v) is 2.87. The molecule has 0 aliphatic heterocycles. The molecule has 2 heterocycles. The van der Waals surface area contributed by atoms with E-state index in [0.717, 1.165) is 0 Å². The molecule has 2 aromatic heterocycles. The van der Waals surface area contributed by atoms with Crippen LogP contribution < -0.4 is 11.3 Å². The zero-order valence-electron chi connectivity index (χ0n) is 10.4. The van der Waals surface area contributed by atoms with Gasteiger partial charge in [-0.2, -0.15) is 4.98 Å². The summed E-state index contributed by atoms with van der Waals surface area (Å²) >= 11 is 0. The van der Waals surface area contributed by atoms with Gasteiger partial charge in [0.15, 0.2) is 5.82 Å². The standard InChI is InChI=1S/C13H11FN4O2/c14-7-1-2-10-8(5-7)9(6-12(19)16-10)13-17-11(3-4-15)18-20-13/h1-2,5-6H,3-4,15H2,(H,16,19). The predicted octanol–water partition coefficient (Wildman–Crippen LogP) is 1.22. The molecule has 0 aliphatic rings. The van der Waals surface area contributed by atoms with Crippen LogP contribution in [0.1, 0.15) is 5.82 Å². The number of aromatic amines is 1. The normalized spacial score (nSPS) is 11.1. The topological polar surface area (TPSA) is 97.8 Å². The van der Waals surface area contributed by atoms with Gasteiger partial charge in [0.1, 0.15) is 5.82 Å². The Hall–Kier alpha value is -2.54. The summed E-state index contributed by atoms with van der Waals surface area (Å²) in [5.74, 6) is 0.218. The molecule has 0 fully saturated rings. The fourth-order valence-electron chi connectivity index (χ4n) is 2.00. The minimum atomic E-state index is -0.410. The van der Waals surface area contributed by atoms with Crippen LogP contribution in [-0.2, 0) is 6.42 Å². The molecule has 3 aromatic rings. The molecular formula is C13H11FN4O2. The number of nitrogens with zero attached hydrogens (tertiary/aromatic N) is 2. The molecule has 0 unspecified atom stereocenters. The van der Waals surface area contributed by atoms with Gasteiger partial charge in [0.05, 0.1) is 5.56 Å². The fourth-order valence-corrected chi connectivity index (χ4v) is 2.00. The van der Waals surface area contributed by atoms with Gasteiger partial charge in [0.2, 0.25) is 5.56 Å². The molecule has 102 valence electrons. The number of nitrogens with two attached hydrogens (primary N) is 1. The van der Waals surface area contributed by atoms with E-state index in [1.54, 1.807) is 0 Å². The van der Waals surface area contributed by atoms with Crippen LogP contribution in [0.2, 0.25) is 0 Å². The first-order valence-electron chi connectivity index (χ1n) is 6.03. The van der Waals surface area contributed by atoms with Gasteiger partial charge < -0.3 is 15.2 Å². The van der Waals surface area contributed by atoms with E-state index in [9.17, 15) is 9.18 Å². The van der Waals surface area contributed by atoms with Crippen molar-refractivity contribution in [3.63, 3.8) is 0 Å². The average Bonchev–Trinajstić information content (AvgIpc) is 2.87. The number of rotatable bonds is 3. The van der Waals surface area contributed by atoms with Gasteiger partial charge in [0.25, 0.3) is 5.89 Å². The van der Waals surface area contributed by atoms with Crippen molar-refractivity contribution < 1.29 is 8.91 Å². The average molecular weight is 274 g/mol. The molecule has 0 saturated heterocycles.